The molecule has 0 bridgehead atoms. The predicted octanol–water partition coefficient (Wildman–Crippen LogP) is 4.82. The van der Waals surface area contributed by atoms with Crippen LogP contribution in [0.5, 0.6) is 11.5 Å². The zero-order valence-corrected chi connectivity index (χ0v) is 19.9. The van der Waals surface area contributed by atoms with E-state index in [4.69, 9.17) is 10.5 Å². The molecular weight excluding hydrogens is 489 g/mol. The molecule has 0 aliphatic heterocycles. The molecule has 8 nitrogen and oxygen atoms in total. The first kappa shape index (κ1) is 25.7. The maximum absolute atomic E-state index is 15.4. The molecule has 0 spiro atoms. The summed E-state index contributed by atoms with van der Waals surface area (Å²) in [6.07, 6.45) is 1.63. The van der Waals surface area contributed by atoms with Crippen LogP contribution in [0.4, 0.5) is 30.4 Å². The van der Waals surface area contributed by atoms with E-state index in [1.165, 1.54) is 30.5 Å². The number of pyridine rings is 1. The third kappa shape index (κ3) is 5.25. The second-order valence-electron chi connectivity index (χ2n) is 8.92. The maximum atomic E-state index is 15.4. The fourth-order valence-corrected chi connectivity index (χ4v) is 3.57. The van der Waals surface area contributed by atoms with Crippen molar-refractivity contribution >= 4 is 34.9 Å². The van der Waals surface area contributed by atoms with Gasteiger partial charge in [-0.1, -0.05) is 13.8 Å². The predicted molar refractivity (Wildman–Crippen MR) is 129 cm³/mol. The van der Waals surface area contributed by atoms with Crippen LogP contribution in [-0.2, 0) is 14.4 Å². The number of hydrogen-bond donors (Lipinski definition) is 2. The molecule has 1 aliphatic rings. The zero-order valence-electron chi connectivity index (χ0n) is 19.9. The summed E-state index contributed by atoms with van der Waals surface area (Å²) < 4.78 is 49.5. The minimum Gasteiger partial charge on any atom is -0.454 e. The molecule has 2 aromatic carbocycles. The summed E-state index contributed by atoms with van der Waals surface area (Å²) >= 11 is 0. The van der Waals surface area contributed by atoms with E-state index in [1.54, 1.807) is 13.8 Å². The van der Waals surface area contributed by atoms with Crippen molar-refractivity contribution in [3.63, 3.8) is 0 Å². The van der Waals surface area contributed by atoms with Crippen molar-refractivity contribution in [1.29, 1.82) is 0 Å². The lowest BCUT2D eigenvalue weighted by Gasteiger charge is -2.27. The second-order valence-corrected chi connectivity index (χ2v) is 8.92. The van der Waals surface area contributed by atoms with Crippen LogP contribution < -0.4 is 20.7 Å². The second kappa shape index (κ2) is 9.92. The Labute approximate surface area is 210 Å². The molecule has 1 saturated carbocycles. The number of carbonyl (C=O) groups is 3. The van der Waals surface area contributed by atoms with Crippen LogP contribution in [0.15, 0.2) is 54.7 Å². The van der Waals surface area contributed by atoms with Crippen LogP contribution in [0.25, 0.3) is 0 Å². The zero-order chi connectivity index (χ0) is 26.9. The Bertz CT molecular complexity index is 1370. The third-order valence-corrected chi connectivity index (χ3v) is 5.90. The monoisotopic (exact) mass is 512 g/mol. The van der Waals surface area contributed by atoms with Crippen LogP contribution in [0.1, 0.15) is 26.7 Å². The number of amides is 3. The third-order valence-electron chi connectivity index (χ3n) is 5.90. The van der Waals surface area contributed by atoms with E-state index in [-0.39, 0.29) is 41.9 Å². The molecule has 4 rings (SSSR count). The Morgan fingerprint density at radius 1 is 1.03 bits per heavy atom. The quantitative estimate of drug-likeness (QED) is 0.420. The number of primary amides is 1. The van der Waals surface area contributed by atoms with Crippen LogP contribution in [-0.4, -0.2) is 22.7 Å². The molecule has 3 N–H and O–H groups in total. The Kier molecular flexibility index (Phi) is 6.88. The molecule has 0 unspecified atom stereocenters. The van der Waals surface area contributed by atoms with Crippen LogP contribution in [0.2, 0.25) is 0 Å². The normalized spacial score (nSPS) is 13.7. The van der Waals surface area contributed by atoms with E-state index in [2.05, 4.69) is 10.3 Å². The van der Waals surface area contributed by atoms with Crippen LogP contribution in [0.3, 0.4) is 0 Å². The summed E-state index contributed by atoms with van der Waals surface area (Å²) in [6, 6.07) is 8.70. The molecule has 0 radical (unpaired) electrons. The first-order valence-corrected chi connectivity index (χ1v) is 11.4. The van der Waals surface area contributed by atoms with Gasteiger partial charge in [-0.05, 0) is 43.2 Å². The fourth-order valence-electron chi connectivity index (χ4n) is 3.57. The highest BCUT2D eigenvalue weighted by atomic mass is 19.1. The van der Waals surface area contributed by atoms with Crippen LogP contribution >= 0.6 is 0 Å². The van der Waals surface area contributed by atoms with E-state index < -0.39 is 46.1 Å². The van der Waals surface area contributed by atoms with Gasteiger partial charge in [-0.3, -0.25) is 19.3 Å². The average Bonchev–Trinajstić information content (AvgIpc) is 3.66. The lowest BCUT2D eigenvalue weighted by atomic mass is 10.0. The summed E-state index contributed by atoms with van der Waals surface area (Å²) in [4.78, 5) is 42.0. The van der Waals surface area contributed by atoms with Crippen molar-refractivity contribution in [2.24, 2.45) is 17.1 Å². The molecule has 1 heterocycles. The summed E-state index contributed by atoms with van der Waals surface area (Å²) in [6.45, 7) is 3.40. The number of nitrogens with one attached hydrogen (secondary N) is 1. The largest absolute Gasteiger partial charge is 0.454 e. The van der Waals surface area contributed by atoms with Crippen molar-refractivity contribution in [3.05, 3.63) is 72.2 Å². The fraction of sp³-hybridized carbons (Fsp3) is 0.231. The molecule has 192 valence electrons. The molecule has 1 fully saturated rings. The van der Waals surface area contributed by atoms with Crippen molar-refractivity contribution < 1.29 is 32.3 Å². The first-order chi connectivity index (χ1) is 17.5. The standard InChI is InChI=1S/C26H23F3N4O4/c1-14(2)23(34)32-22-11-17(7-10-31-22)37-21-13-18(28)20(12-19(21)29)33(16-5-3-15(27)4-6-16)25(36)26(8-9-26)24(30)35/h3-7,10-14H,8-9H2,1-2H3,(H2,30,35)(H,31,32,34). The molecule has 1 aromatic heterocycles. The van der Waals surface area contributed by atoms with Gasteiger partial charge in [-0.25, -0.2) is 18.2 Å². The molecule has 3 amide bonds. The number of hydrogen-bond acceptors (Lipinski definition) is 5. The van der Waals surface area contributed by atoms with Crippen molar-refractivity contribution in [3.8, 4) is 11.5 Å². The minimum absolute atomic E-state index is 0.0190. The van der Waals surface area contributed by atoms with Gasteiger partial charge in [0, 0.05) is 36.0 Å². The van der Waals surface area contributed by atoms with E-state index in [0.717, 1.165) is 29.2 Å². The highest BCUT2D eigenvalue weighted by Crippen LogP contribution is 2.49. The van der Waals surface area contributed by atoms with E-state index in [1.807, 2.05) is 0 Å². The van der Waals surface area contributed by atoms with Gasteiger partial charge in [-0.2, -0.15) is 0 Å². The van der Waals surface area contributed by atoms with E-state index in [9.17, 15) is 18.8 Å². The Balaban J connectivity index is 1.68. The van der Waals surface area contributed by atoms with Gasteiger partial charge >= 0.3 is 0 Å². The van der Waals surface area contributed by atoms with Gasteiger partial charge in [0.15, 0.2) is 17.4 Å². The Morgan fingerprint density at radius 2 is 1.70 bits per heavy atom. The van der Waals surface area contributed by atoms with Gasteiger partial charge < -0.3 is 15.8 Å². The number of halogens is 3. The van der Waals surface area contributed by atoms with Gasteiger partial charge in [0.05, 0.1) is 5.69 Å². The number of nitrogens with zero attached hydrogens (tertiary/aromatic N) is 2. The molecule has 3 aromatic rings. The Hall–Kier alpha value is -4.41. The summed E-state index contributed by atoms with van der Waals surface area (Å²) in [5.41, 5.74) is 3.38. The molecule has 0 atom stereocenters. The SMILES string of the molecule is CC(C)C(=O)Nc1cc(Oc2cc(F)c(N(C(=O)C3(C(N)=O)CC3)c3ccc(F)cc3)cc2F)ccn1. The number of ether oxygens (including phenoxy) is 1. The van der Waals surface area contributed by atoms with Gasteiger partial charge in [-0.15, -0.1) is 0 Å². The number of nitrogens with two attached hydrogens (primary N) is 1. The van der Waals surface area contributed by atoms with Gasteiger partial charge in [0.25, 0.3) is 0 Å². The van der Waals surface area contributed by atoms with Crippen molar-refractivity contribution in [2.75, 3.05) is 10.2 Å². The lowest BCUT2D eigenvalue weighted by molar-refractivity contribution is -0.133. The van der Waals surface area contributed by atoms with Gasteiger partial charge in [0.1, 0.15) is 22.8 Å². The molecular formula is C26H23F3N4O4. The average molecular weight is 512 g/mol. The Morgan fingerprint density at radius 3 is 2.30 bits per heavy atom. The number of aromatic nitrogens is 1. The van der Waals surface area contributed by atoms with Gasteiger partial charge in [0.2, 0.25) is 17.7 Å². The number of carbonyl (C=O) groups excluding carboxylic acids is 3. The molecule has 0 saturated heterocycles. The van der Waals surface area contributed by atoms with E-state index >= 15 is 8.78 Å². The number of anilines is 3. The topological polar surface area (TPSA) is 115 Å². The van der Waals surface area contributed by atoms with Crippen molar-refractivity contribution in [2.45, 2.75) is 26.7 Å². The smallest absolute Gasteiger partial charge is 0.247 e. The van der Waals surface area contributed by atoms with Crippen molar-refractivity contribution in [1.82, 2.24) is 4.98 Å². The lowest BCUT2D eigenvalue weighted by Crippen LogP contribution is -2.41. The van der Waals surface area contributed by atoms with E-state index in [0.29, 0.717) is 0 Å². The molecule has 11 heteroatoms. The highest BCUT2D eigenvalue weighted by molar-refractivity contribution is 6.16. The highest BCUT2D eigenvalue weighted by Gasteiger charge is 2.57. The maximum Gasteiger partial charge on any atom is 0.247 e. The minimum atomic E-state index is -1.56. The summed E-state index contributed by atoms with van der Waals surface area (Å²) in [7, 11) is 0. The number of benzene rings is 2. The summed E-state index contributed by atoms with van der Waals surface area (Å²) in [5.74, 6) is -5.29. The summed E-state index contributed by atoms with van der Waals surface area (Å²) in [5, 5.41) is 2.57. The van der Waals surface area contributed by atoms with Crippen LogP contribution in [0, 0.1) is 28.8 Å². The molecule has 37 heavy (non-hydrogen) atoms. The first-order valence-electron chi connectivity index (χ1n) is 11.4. The molecule has 1 aliphatic carbocycles. The number of rotatable bonds is 8.